The SMILES string of the molecule is Cc1c(Cl)cccc1NC(=O)CN1C(=O)c2ccccc2Sc2ccc(C(=O)N3CCCC3)cc21. The normalized spacial score (nSPS) is 14.9. The summed E-state index contributed by atoms with van der Waals surface area (Å²) >= 11 is 7.67. The molecule has 178 valence electrons. The van der Waals surface area contributed by atoms with E-state index in [1.54, 1.807) is 36.4 Å². The number of likely N-dealkylation sites (tertiary alicyclic amines) is 1. The Labute approximate surface area is 213 Å². The van der Waals surface area contributed by atoms with E-state index in [-0.39, 0.29) is 24.3 Å². The van der Waals surface area contributed by atoms with Crippen LogP contribution in [0.5, 0.6) is 0 Å². The molecule has 2 aliphatic heterocycles. The summed E-state index contributed by atoms with van der Waals surface area (Å²) in [6.45, 7) is 3.10. The van der Waals surface area contributed by atoms with E-state index in [1.807, 2.05) is 36.1 Å². The van der Waals surface area contributed by atoms with Crippen LogP contribution >= 0.6 is 23.4 Å². The molecule has 1 saturated heterocycles. The highest BCUT2D eigenvalue weighted by Crippen LogP contribution is 2.42. The molecule has 0 spiro atoms. The molecule has 6 nitrogen and oxygen atoms in total. The first-order chi connectivity index (χ1) is 16.9. The van der Waals surface area contributed by atoms with Crippen molar-refractivity contribution in [2.75, 3.05) is 29.9 Å². The number of anilines is 2. The van der Waals surface area contributed by atoms with Crippen LogP contribution in [0.25, 0.3) is 0 Å². The molecular formula is C27H24ClN3O3S. The van der Waals surface area contributed by atoms with Crippen molar-refractivity contribution in [3.05, 3.63) is 82.4 Å². The number of fused-ring (bicyclic) bond motifs is 2. The standard InChI is InChI=1S/C27H24ClN3O3S/c1-17-20(28)8-6-9-21(17)29-25(32)16-31-22-15-18(26(33)30-13-4-5-14-30)11-12-24(22)35-23-10-3-2-7-19(23)27(31)34/h2-3,6-12,15H,4-5,13-14,16H2,1H3,(H,29,32). The van der Waals surface area contributed by atoms with Crippen molar-refractivity contribution in [1.82, 2.24) is 4.90 Å². The minimum atomic E-state index is -0.352. The van der Waals surface area contributed by atoms with Gasteiger partial charge >= 0.3 is 0 Å². The van der Waals surface area contributed by atoms with E-state index in [1.165, 1.54) is 16.7 Å². The number of carbonyl (C=O) groups is 3. The molecule has 3 amide bonds. The first-order valence-electron chi connectivity index (χ1n) is 11.5. The second-order valence-corrected chi connectivity index (χ2v) is 10.1. The number of amides is 3. The number of nitrogens with zero attached hydrogens (tertiary/aromatic N) is 2. The Hall–Kier alpha value is -3.29. The molecule has 5 rings (SSSR count). The molecule has 2 heterocycles. The van der Waals surface area contributed by atoms with E-state index in [2.05, 4.69) is 5.32 Å². The molecule has 0 aromatic heterocycles. The van der Waals surface area contributed by atoms with E-state index in [4.69, 9.17) is 11.6 Å². The van der Waals surface area contributed by atoms with Gasteiger partial charge < -0.3 is 10.2 Å². The monoisotopic (exact) mass is 505 g/mol. The number of halogens is 1. The largest absolute Gasteiger partial charge is 0.339 e. The Morgan fingerprint density at radius 1 is 1.00 bits per heavy atom. The van der Waals surface area contributed by atoms with Gasteiger partial charge in [-0.3, -0.25) is 19.3 Å². The fourth-order valence-corrected chi connectivity index (χ4v) is 5.62. The van der Waals surface area contributed by atoms with Crippen LogP contribution in [0.3, 0.4) is 0 Å². The molecule has 2 aliphatic rings. The third-order valence-corrected chi connectivity index (χ3v) is 7.87. The minimum Gasteiger partial charge on any atom is -0.339 e. The van der Waals surface area contributed by atoms with Crippen LogP contribution in [0.15, 0.2) is 70.5 Å². The van der Waals surface area contributed by atoms with Crippen molar-refractivity contribution < 1.29 is 14.4 Å². The number of carbonyl (C=O) groups excluding carboxylic acids is 3. The van der Waals surface area contributed by atoms with Crippen molar-refractivity contribution in [3.63, 3.8) is 0 Å². The Bertz CT molecular complexity index is 1340. The van der Waals surface area contributed by atoms with Crippen LogP contribution in [-0.2, 0) is 4.79 Å². The van der Waals surface area contributed by atoms with Crippen LogP contribution in [0.1, 0.15) is 39.1 Å². The average Bonchev–Trinajstić information content (AvgIpc) is 3.37. The average molecular weight is 506 g/mol. The van der Waals surface area contributed by atoms with Gasteiger partial charge in [0.1, 0.15) is 6.54 Å². The highest BCUT2D eigenvalue weighted by atomic mass is 35.5. The summed E-state index contributed by atoms with van der Waals surface area (Å²) in [7, 11) is 0. The summed E-state index contributed by atoms with van der Waals surface area (Å²) in [4.78, 5) is 44.8. The second-order valence-electron chi connectivity index (χ2n) is 8.63. The van der Waals surface area contributed by atoms with E-state index >= 15 is 0 Å². The molecule has 0 bridgehead atoms. The van der Waals surface area contributed by atoms with Gasteiger partial charge in [0.2, 0.25) is 5.91 Å². The Morgan fingerprint density at radius 2 is 1.77 bits per heavy atom. The molecule has 0 radical (unpaired) electrons. The minimum absolute atomic E-state index is 0.0523. The van der Waals surface area contributed by atoms with Crippen LogP contribution in [0, 0.1) is 6.92 Å². The summed E-state index contributed by atoms with van der Waals surface area (Å²) < 4.78 is 0. The van der Waals surface area contributed by atoms with Crippen molar-refractivity contribution in [2.45, 2.75) is 29.6 Å². The van der Waals surface area contributed by atoms with Gasteiger partial charge in [0.15, 0.2) is 0 Å². The Kier molecular flexibility index (Phi) is 6.54. The third kappa shape index (κ3) is 4.66. The van der Waals surface area contributed by atoms with E-state index in [9.17, 15) is 14.4 Å². The van der Waals surface area contributed by atoms with Gasteiger partial charge in [0, 0.05) is 39.2 Å². The Balaban J connectivity index is 1.51. The fraction of sp³-hybridized carbons (Fsp3) is 0.222. The topological polar surface area (TPSA) is 69.7 Å². The van der Waals surface area contributed by atoms with Gasteiger partial charge in [-0.1, -0.05) is 41.6 Å². The number of hydrogen-bond donors (Lipinski definition) is 1. The number of nitrogens with one attached hydrogen (secondary N) is 1. The molecular weight excluding hydrogens is 482 g/mol. The number of benzene rings is 3. The molecule has 0 saturated carbocycles. The summed E-state index contributed by atoms with van der Waals surface area (Å²) in [5.41, 5.74) is 2.94. The van der Waals surface area contributed by atoms with E-state index in [0.717, 1.165) is 41.3 Å². The number of hydrogen-bond acceptors (Lipinski definition) is 4. The maximum absolute atomic E-state index is 13.7. The first kappa shape index (κ1) is 23.5. The summed E-state index contributed by atoms with van der Waals surface area (Å²) in [6, 6.07) is 18.1. The predicted molar refractivity (Wildman–Crippen MR) is 139 cm³/mol. The van der Waals surface area contributed by atoms with E-state index < -0.39 is 0 Å². The first-order valence-corrected chi connectivity index (χ1v) is 12.7. The lowest BCUT2D eigenvalue weighted by Gasteiger charge is -2.24. The van der Waals surface area contributed by atoms with E-state index in [0.29, 0.717) is 27.5 Å². The lowest BCUT2D eigenvalue weighted by Crippen LogP contribution is -2.38. The summed E-state index contributed by atoms with van der Waals surface area (Å²) in [5, 5.41) is 3.43. The summed E-state index contributed by atoms with van der Waals surface area (Å²) in [6.07, 6.45) is 1.99. The van der Waals surface area contributed by atoms with Gasteiger partial charge in [-0.05, 0) is 67.8 Å². The Morgan fingerprint density at radius 3 is 2.57 bits per heavy atom. The van der Waals surface area contributed by atoms with Gasteiger partial charge in [-0.2, -0.15) is 0 Å². The quantitative estimate of drug-likeness (QED) is 0.498. The zero-order chi connectivity index (χ0) is 24.5. The highest BCUT2D eigenvalue weighted by Gasteiger charge is 2.30. The molecule has 3 aromatic carbocycles. The molecule has 0 atom stereocenters. The predicted octanol–water partition coefficient (Wildman–Crippen LogP) is 5.63. The van der Waals surface area contributed by atoms with Crippen LogP contribution < -0.4 is 10.2 Å². The zero-order valence-electron chi connectivity index (χ0n) is 19.2. The molecule has 8 heteroatoms. The summed E-state index contributed by atoms with van der Waals surface area (Å²) in [5.74, 6) is -0.686. The third-order valence-electron chi connectivity index (χ3n) is 6.32. The number of rotatable bonds is 4. The lowest BCUT2D eigenvalue weighted by molar-refractivity contribution is -0.114. The van der Waals surface area contributed by atoms with Gasteiger partial charge in [0.25, 0.3) is 11.8 Å². The maximum atomic E-state index is 13.7. The molecule has 0 unspecified atom stereocenters. The molecule has 1 N–H and O–H groups in total. The van der Waals surface area contributed by atoms with Gasteiger partial charge in [-0.15, -0.1) is 0 Å². The van der Waals surface area contributed by atoms with Crippen molar-refractivity contribution >= 4 is 52.5 Å². The van der Waals surface area contributed by atoms with Crippen LogP contribution in [0.2, 0.25) is 5.02 Å². The van der Waals surface area contributed by atoms with Crippen molar-refractivity contribution in [3.8, 4) is 0 Å². The van der Waals surface area contributed by atoms with Crippen molar-refractivity contribution in [1.29, 1.82) is 0 Å². The van der Waals surface area contributed by atoms with Gasteiger partial charge in [-0.25, -0.2) is 0 Å². The lowest BCUT2D eigenvalue weighted by atomic mass is 10.1. The van der Waals surface area contributed by atoms with Crippen LogP contribution in [0.4, 0.5) is 11.4 Å². The zero-order valence-corrected chi connectivity index (χ0v) is 20.8. The molecule has 35 heavy (non-hydrogen) atoms. The van der Waals surface area contributed by atoms with Gasteiger partial charge in [0.05, 0.1) is 11.3 Å². The van der Waals surface area contributed by atoms with Crippen molar-refractivity contribution in [2.24, 2.45) is 0 Å². The molecule has 1 fully saturated rings. The maximum Gasteiger partial charge on any atom is 0.259 e. The highest BCUT2D eigenvalue weighted by molar-refractivity contribution is 7.99. The second kappa shape index (κ2) is 9.76. The van der Waals surface area contributed by atoms with Crippen LogP contribution in [-0.4, -0.2) is 42.3 Å². The fourth-order valence-electron chi connectivity index (χ4n) is 4.39. The molecule has 3 aromatic rings. The smallest absolute Gasteiger partial charge is 0.259 e. The molecule has 0 aliphatic carbocycles.